The number of aliphatic hydroxyl groups is 2. The molecule has 0 radical (unpaired) electrons. The van der Waals surface area contributed by atoms with Crippen molar-refractivity contribution in [3.63, 3.8) is 0 Å². The van der Waals surface area contributed by atoms with E-state index in [1.54, 1.807) is 23.6 Å². The lowest BCUT2D eigenvalue weighted by Crippen LogP contribution is -2.53. The minimum absolute atomic E-state index is 0.0137. The SMILES string of the molecule is CC1=CCCC2(C)C(CCC2(O)CN(Cc2cccc3ccccc23)S(=O)(=O)c2cccs2)c2ccc(cc2C(=O)c2ccc(-c3cc(C(F)(F)F)ccc3Cl)o2)CC(O)CC1. The number of allylic oxidation sites excluding steroid dienone is 2. The van der Waals surface area contributed by atoms with Gasteiger partial charge in [0.25, 0.3) is 10.0 Å². The summed E-state index contributed by atoms with van der Waals surface area (Å²) in [6, 6.07) is 28.1. The molecule has 1 fully saturated rings. The highest BCUT2D eigenvalue weighted by Gasteiger charge is 2.58. The predicted molar refractivity (Wildman–Crippen MR) is 237 cm³/mol. The van der Waals surface area contributed by atoms with Crippen LogP contribution in [-0.2, 0) is 29.2 Å². The average Bonchev–Trinajstić information content (AvgIpc) is 4.01. The number of furan rings is 1. The van der Waals surface area contributed by atoms with Crippen LogP contribution in [0.3, 0.4) is 0 Å². The summed E-state index contributed by atoms with van der Waals surface area (Å²) in [6.45, 7) is 3.81. The molecule has 324 valence electrons. The van der Waals surface area contributed by atoms with Crippen LogP contribution in [0.15, 0.2) is 129 Å². The normalized spacial score (nSPS) is 22.4. The van der Waals surface area contributed by atoms with E-state index < -0.39 is 50.6 Å². The molecular weight excluding hydrogens is 855 g/mol. The van der Waals surface area contributed by atoms with Gasteiger partial charge < -0.3 is 14.6 Å². The molecule has 13 heteroatoms. The Labute approximate surface area is 368 Å². The maximum absolute atomic E-state index is 14.8. The van der Waals surface area contributed by atoms with E-state index in [2.05, 4.69) is 6.08 Å². The summed E-state index contributed by atoms with van der Waals surface area (Å²) >= 11 is 7.47. The number of aliphatic hydroxyl groups excluding tert-OH is 1. The van der Waals surface area contributed by atoms with Crippen molar-refractivity contribution in [1.29, 1.82) is 0 Å². The first-order valence-electron chi connectivity index (χ1n) is 20.7. The summed E-state index contributed by atoms with van der Waals surface area (Å²) in [7, 11) is -4.10. The number of nitrogens with zero attached hydrogens (tertiary/aromatic N) is 1. The van der Waals surface area contributed by atoms with Gasteiger partial charge in [0.15, 0.2) is 5.76 Å². The molecule has 4 unspecified atom stereocenters. The number of alkyl halides is 3. The molecule has 2 N–H and O–H groups in total. The summed E-state index contributed by atoms with van der Waals surface area (Å²) in [5, 5.41) is 27.9. The van der Waals surface area contributed by atoms with Gasteiger partial charge in [-0.3, -0.25) is 4.79 Å². The van der Waals surface area contributed by atoms with Crippen molar-refractivity contribution in [2.45, 2.75) is 93.3 Å². The fourth-order valence-corrected chi connectivity index (χ4v) is 12.3. The lowest BCUT2D eigenvalue weighted by Gasteiger charge is -2.46. The van der Waals surface area contributed by atoms with Crippen LogP contribution >= 0.6 is 22.9 Å². The molecule has 2 heterocycles. The third-order valence-corrected chi connectivity index (χ3v) is 16.6. The van der Waals surface area contributed by atoms with Gasteiger partial charge in [0, 0.05) is 29.6 Å². The summed E-state index contributed by atoms with van der Waals surface area (Å²) in [5.74, 6) is -1.10. The van der Waals surface area contributed by atoms with Crippen LogP contribution in [0.1, 0.15) is 96.7 Å². The maximum Gasteiger partial charge on any atom is 0.416 e. The lowest BCUT2D eigenvalue weighted by molar-refractivity contribution is -0.137. The fraction of sp³-hybridized carbons (Fsp3) is 0.327. The fourth-order valence-electron chi connectivity index (χ4n) is 9.50. The quantitative estimate of drug-likeness (QED) is 0.111. The Morgan fingerprint density at radius 3 is 2.53 bits per heavy atom. The average molecular weight is 902 g/mol. The van der Waals surface area contributed by atoms with Crippen molar-refractivity contribution in [3.05, 3.63) is 159 Å². The van der Waals surface area contributed by atoms with Crippen molar-refractivity contribution in [2.24, 2.45) is 5.41 Å². The molecule has 7 nitrogen and oxygen atoms in total. The zero-order valence-electron chi connectivity index (χ0n) is 34.3. The highest BCUT2D eigenvalue weighted by molar-refractivity contribution is 7.91. The zero-order chi connectivity index (χ0) is 44.0. The Kier molecular flexibility index (Phi) is 12.2. The summed E-state index contributed by atoms with van der Waals surface area (Å²) in [5.41, 5.74) is 0.00853. The van der Waals surface area contributed by atoms with E-state index in [1.807, 2.05) is 68.4 Å². The van der Waals surface area contributed by atoms with Crippen LogP contribution in [0.5, 0.6) is 0 Å². The largest absolute Gasteiger partial charge is 0.453 e. The minimum atomic E-state index is -4.63. The molecule has 62 heavy (non-hydrogen) atoms. The van der Waals surface area contributed by atoms with Crippen LogP contribution in [-0.4, -0.2) is 47.0 Å². The number of carbonyl (C=O) groups is 1. The molecule has 4 atom stereocenters. The Morgan fingerprint density at radius 1 is 0.968 bits per heavy atom. The third-order valence-electron chi connectivity index (χ3n) is 13.1. The molecule has 0 spiro atoms. The molecule has 0 amide bonds. The van der Waals surface area contributed by atoms with Crippen molar-refractivity contribution in [1.82, 2.24) is 4.31 Å². The van der Waals surface area contributed by atoms with Crippen LogP contribution < -0.4 is 0 Å². The zero-order valence-corrected chi connectivity index (χ0v) is 36.7. The van der Waals surface area contributed by atoms with Crippen molar-refractivity contribution in [3.8, 4) is 11.3 Å². The number of halogens is 4. The Balaban J connectivity index is 1.22. The second-order valence-electron chi connectivity index (χ2n) is 17.0. The van der Waals surface area contributed by atoms with E-state index in [4.69, 9.17) is 16.0 Å². The van der Waals surface area contributed by atoms with E-state index in [9.17, 15) is 36.6 Å². The number of benzene rings is 4. The number of hydrogen-bond acceptors (Lipinski definition) is 7. The molecule has 1 saturated carbocycles. The number of thiophene rings is 1. The van der Waals surface area contributed by atoms with E-state index in [0.717, 1.165) is 51.4 Å². The molecule has 2 aromatic heterocycles. The van der Waals surface area contributed by atoms with Crippen LogP contribution in [0.25, 0.3) is 22.1 Å². The first-order valence-corrected chi connectivity index (χ1v) is 23.4. The number of sulfonamides is 1. The summed E-state index contributed by atoms with van der Waals surface area (Å²) < 4.78 is 77.9. The number of hydrogen-bond donors (Lipinski definition) is 2. The minimum Gasteiger partial charge on any atom is -0.453 e. The third kappa shape index (κ3) is 8.57. The first-order chi connectivity index (χ1) is 29.5. The molecule has 0 aliphatic heterocycles. The number of carbonyl (C=O) groups excluding carboxylic acids is 1. The van der Waals surface area contributed by atoms with Crippen molar-refractivity contribution >= 4 is 49.5 Å². The molecule has 3 aliphatic rings. The van der Waals surface area contributed by atoms with Gasteiger partial charge in [-0.25, -0.2) is 8.42 Å². The van der Waals surface area contributed by atoms with Gasteiger partial charge in [0.2, 0.25) is 5.78 Å². The van der Waals surface area contributed by atoms with Gasteiger partial charge in [-0.2, -0.15) is 17.5 Å². The molecule has 9 rings (SSSR count). The number of ketones is 1. The number of rotatable bonds is 9. The Hall–Kier alpha value is -4.56. The number of fused-ring (bicyclic) bond motifs is 9. The monoisotopic (exact) mass is 901 g/mol. The highest BCUT2D eigenvalue weighted by atomic mass is 35.5. The van der Waals surface area contributed by atoms with Crippen molar-refractivity contribution in [2.75, 3.05) is 6.54 Å². The first kappa shape index (κ1) is 44.1. The van der Waals surface area contributed by atoms with E-state index >= 15 is 0 Å². The smallest absolute Gasteiger partial charge is 0.416 e. The van der Waals surface area contributed by atoms with Crippen molar-refractivity contribution < 1.29 is 41.0 Å². The standard InChI is InChI=1S/C49H47ClF3NO6S2/c1-31-8-6-23-47(2)41(22-24-48(47,57)30-54(62(58,59)45-13-7-25-61-45)29-34-11-5-10-33-9-3-4-12-37(33)34)38-18-15-32(26-36(55)17-14-31)27-39(38)46(56)44-21-20-43(60-44)40-28-35(49(51,52)53)16-19-42(40)50/h3-5,7-13,15-16,18-21,25,27-28,36,41,55,57H,6,14,17,22-24,26,29-30H2,1-2H3. The van der Waals surface area contributed by atoms with E-state index in [-0.39, 0.29) is 57.8 Å². The van der Waals surface area contributed by atoms with Gasteiger partial charge in [-0.1, -0.05) is 90.8 Å². The van der Waals surface area contributed by atoms with Gasteiger partial charge in [0.05, 0.1) is 22.3 Å². The second kappa shape index (κ2) is 17.2. The molecule has 3 aliphatic carbocycles. The van der Waals surface area contributed by atoms with E-state index in [0.29, 0.717) is 43.2 Å². The molecule has 0 saturated heterocycles. The maximum atomic E-state index is 14.8. The summed E-state index contributed by atoms with van der Waals surface area (Å²) in [4.78, 5) is 14.8. The van der Waals surface area contributed by atoms with Gasteiger partial charge in [-0.15, -0.1) is 11.3 Å². The summed E-state index contributed by atoms with van der Waals surface area (Å²) in [6.07, 6.45) is -0.148. The van der Waals surface area contributed by atoms with Crippen LogP contribution in [0.2, 0.25) is 5.02 Å². The van der Waals surface area contributed by atoms with Gasteiger partial charge in [-0.05, 0) is 133 Å². The molecular formula is C49H47ClF3NO6S2. The molecule has 6 aromatic rings. The van der Waals surface area contributed by atoms with E-state index in [1.165, 1.54) is 16.4 Å². The van der Waals surface area contributed by atoms with Gasteiger partial charge in [0.1, 0.15) is 9.97 Å². The van der Waals surface area contributed by atoms with Crippen LogP contribution in [0.4, 0.5) is 13.2 Å². The highest BCUT2D eigenvalue weighted by Crippen LogP contribution is 2.59. The second-order valence-corrected chi connectivity index (χ2v) is 20.5. The molecule has 4 aromatic carbocycles. The van der Waals surface area contributed by atoms with Crippen LogP contribution in [0, 0.1) is 5.41 Å². The Morgan fingerprint density at radius 2 is 1.76 bits per heavy atom. The molecule has 2 bridgehead atoms. The predicted octanol–water partition coefficient (Wildman–Crippen LogP) is 12.0. The van der Waals surface area contributed by atoms with Gasteiger partial charge >= 0.3 is 6.18 Å². The lowest BCUT2D eigenvalue weighted by atomic mass is 9.65. The Bertz CT molecular complexity index is 2760. The topological polar surface area (TPSA) is 108 Å².